The number of sulfonamides is 1. The van der Waals surface area contributed by atoms with Crippen LogP contribution in [0.2, 0.25) is 0 Å². The first-order chi connectivity index (χ1) is 32.1. The summed E-state index contributed by atoms with van der Waals surface area (Å²) in [5.41, 5.74) is 3.45. The first kappa shape index (κ1) is 46.5. The number of pyridine rings is 1. The van der Waals surface area contributed by atoms with Gasteiger partial charge >= 0.3 is 7.12 Å². The van der Waals surface area contributed by atoms with E-state index in [4.69, 9.17) is 24.1 Å². The second-order valence-corrected chi connectivity index (χ2v) is 21.4. The van der Waals surface area contributed by atoms with Gasteiger partial charge in [-0.15, -0.1) is 11.3 Å². The molecule has 3 aliphatic heterocycles. The molecule has 2 aliphatic carbocycles. The van der Waals surface area contributed by atoms with E-state index in [1.165, 1.54) is 16.2 Å². The molecule has 5 heterocycles. The fourth-order valence-corrected chi connectivity index (χ4v) is 11.6. The number of carbonyl (C=O) groups is 4. The van der Waals surface area contributed by atoms with Crippen LogP contribution in [0.3, 0.4) is 0 Å². The highest BCUT2D eigenvalue weighted by Gasteiger charge is 2.62. The predicted octanol–water partition coefficient (Wildman–Crippen LogP) is 3.97. The Morgan fingerprint density at radius 1 is 1.09 bits per heavy atom. The lowest BCUT2D eigenvalue weighted by molar-refractivity contribution is -0.142. The quantitative estimate of drug-likeness (QED) is 0.100. The Balaban J connectivity index is 1.03. The van der Waals surface area contributed by atoms with Gasteiger partial charge in [0, 0.05) is 40.4 Å². The summed E-state index contributed by atoms with van der Waals surface area (Å²) in [6, 6.07) is 8.67. The standard InChI is InChI=1S/C47H56BN7O10S2/c1-26(2)37-25-66-44(52-37)36-20-40(33-16-17-39(63-4)27(3)42(33)51-36)65-31-19-38-43(57)53-47(46(59)54-67(61,62)32-14-15-32)21-29(47)10-8-6-5-7-9-11-35(45(58)55(38)23-31)50-41(56)22-49-30-13-12-28-24-64-48(60)34(28)18-30/h8,10,12-13,16-18,20,25-26,29,31-32,35,38,49,60H,5-7,9,11,14-15,19,21-24H2,1-4H3,(H,50,56)(H,53,57)(H,54,59)/b10-8-/t29-,31-,35+,38?,47-/m1/s1. The van der Waals surface area contributed by atoms with E-state index in [9.17, 15) is 32.6 Å². The van der Waals surface area contributed by atoms with Crippen LogP contribution in [0.1, 0.15) is 94.4 Å². The van der Waals surface area contributed by atoms with E-state index in [2.05, 4.69) is 34.5 Å². The summed E-state index contributed by atoms with van der Waals surface area (Å²) in [5.74, 6) is -1.54. The number of amides is 4. The number of hydrogen-bond acceptors (Lipinski definition) is 14. The Hall–Kier alpha value is -5.57. The lowest BCUT2D eigenvalue weighted by atomic mass is 9.79. The molecule has 17 nitrogen and oxygen atoms in total. The van der Waals surface area contributed by atoms with Gasteiger partial charge in [0.05, 0.1) is 43.3 Å². The number of carbonyl (C=O) groups excluding carboxylic acids is 4. The van der Waals surface area contributed by atoms with Crippen LogP contribution >= 0.6 is 11.3 Å². The highest BCUT2D eigenvalue weighted by Crippen LogP contribution is 2.46. The van der Waals surface area contributed by atoms with Crippen molar-refractivity contribution in [3.05, 3.63) is 70.8 Å². The van der Waals surface area contributed by atoms with Crippen molar-refractivity contribution in [1.82, 2.24) is 30.2 Å². The molecule has 5 N–H and O–H groups in total. The molecular formula is C47H56BN7O10S2. The second kappa shape index (κ2) is 18.8. The van der Waals surface area contributed by atoms with E-state index in [0.717, 1.165) is 29.7 Å². The van der Waals surface area contributed by atoms with E-state index >= 15 is 0 Å². The van der Waals surface area contributed by atoms with Crippen LogP contribution in [-0.2, 0) is 40.5 Å². The van der Waals surface area contributed by atoms with Crippen LogP contribution in [0, 0.1) is 12.8 Å². The van der Waals surface area contributed by atoms with Gasteiger partial charge < -0.3 is 40.0 Å². The van der Waals surface area contributed by atoms with E-state index in [-0.39, 0.29) is 38.5 Å². The Morgan fingerprint density at radius 2 is 1.91 bits per heavy atom. The summed E-state index contributed by atoms with van der Waals surface area (Å²) >= 11 is 1.47. The number of hydrogen-bond donors (Lipinski definition) is 5. The molecule has 5 aliphatic rings. The number of nitrogens with one attached hydrogen (secondary N) is 4. The van der Waals surface area contributed by atoms with Gasteiger partial charge in [0.2, 0.25) is 27.7 Å². The van der Waals surface area contributed by atoms with E-state index < -0.39 is 75.7 Å². The topological polar surface area (TPSA) is 227 Å². The van der Waals surface area contributed by atoms with Gasteiger partial charge in [-0.3, -0.25) is 23.9 Å². The molecule has 2 saturated carbocycles. The lowest BCUT2D eigenvalue weighted by Crippen LogP contribution is -2.58. The largest absolute Gasteiger partial charge is 0.496 e. The van der Waals surface area contributed by atoms with Crippen molar-refractivity contribution in [3.63, 3.8) is 0 Å². The van der Waals surface area contributed by atoms with Gasteiger partial charge in [-0.1, -0.05) is 44.9 Å². The van der Waals surface area contributed by atoms with Crippen LogP contribution in [0.5, 0.6) is 11.5 Å². The molecule has 5 atom stereocenters. The number of ether oxygens (including phenoxy) is 2. The van der Waals surface area contributed by atoms with Gasteiger partial charge in [0.15, 0.2) is 0 Å². The molecule has 20 heteroatoms. The van der Waals surface area contributed by atoms with Crippen molar-refractivity contribution < 1.29 is 46.7 Å². The zero-order valence-electron chi connectivity index (χ0n) is 38.0. The third-order valence-electron chi connectivity index (χ3n) is 13.4. The van der Waals surface area contributed by atoms with Crippen LogP contribution < -0.4 is 35.6 Å². The second-order valence-electron chi connectivity index (χ2n) is 18.6. The fraction of sp³-hybridized carbons (Fsp3) is 0.489. The first-order valence-electron chi connectivity index (χ1n) is 23.1. The summed E-state index contributed by atoms with van der Waals surface area (Å²) < 4.78 is 46.1. The highest BCUT2D eigenvalue weighted by molar-refractivity contribution is 7.91. The zero-order chi connectivity index (χ0) is 47.2. The number of aromatic nitrogens is 2. The molecule has 2 aromatic heterocycles. The third-order valence-corrected chi connectivity index (χ3v) is 16.1. The Bertz CT molecular complexity index is 2750. The first-order valence-corrected chi connectivity index (χ1v) is 25.5. The van der Waals surface area contributed by atoms with Crippen molar-refractivity contribution in [3.8, 4) is 22.2 Å². The van der Waals surface area contributed by atoms with Crippen molar-refractivity contribution in [2.45, 2.75) is 120 Å². The maximum absolute atomic E-state index is 15.0. The van der Waals surface area contributed by atoms with Crippen molar-refractivity contribution in [1.29, 1.82) is 0 Å². The summed E-state index contributed by atoms with van der Waals surface area (Å²) in [7, 11) is -3.40. The van der Waals surface area contributed by atoms with Crippen molar-refractivity contribution in [2.24, 2.45) is 5.92 Å². The fourth-order valence-electron chi connectivity index (χ4n) is 9.26. The number of aryl methyl sites for hydroxylation is 1. The predicted molar refractivity (Wildman–Crippen MR) is 253 cm³/mol. The summed E-state index contributed by atoms with van der Waals surface area (Å²) in [6.45, 7) is 6.12. The average molecular weight is 954 g/mol. The molecule has 354 valence electrons. The molecule has 4 amide bonds. The minimum Gasteiger partial charge on any atom is -0.496 e. The lowest BCUT2D eigenvalue weighted by Gasteiger charge is -2.30. The number of fused-ring (bicyclic) bond motifs is 4. The summed E-state index contributed by atoms with van der Waals surface area (Å²) in [6.07, 6.45) is 7.28. The van der Waals surface area contributed by atoms with E-state index in [0.29, 0.717) is 76.4 Å². The Morgan fingerprint density at radius 3 is 2.67 bits per heavy atom. The third kappa shape index (κ3) is 9.76. The number of allylic oxidation sites excluding steroid dienone is 1. The number of benzene rings is 2. The van der Waals surface area contributed by atoms with Gasteiger partial charge in [-0.25, -0.2) is 18.4 Å². The minimum absolute atomic E-state index is 0.0231. The van der Waals surface area contributed by atoms with Crippen LogP contribution in [0.4, 0.5) is 5.69 Å². The SMILES string of the molecule is COc1ccc2c(O[C@@H]3CC4C(=O)N[C@]5(C(=O)NS(=O)(=O)C6CC6)C[C@H]5/C=C\CCCCC[C@H](NC(=O)CNc5ccc6c(c5)B(O)OC6)C(=O)N4C3)cc(-c3nc(C(C)C)cs3)nc2c1C. The molecule has 4 aromatic rings. The number of rotatable bonds is 12. The van der Waals surface area contributed by atoms with Gasteiger partial charge in [0.1, 0.15) is 45.9 Å². The van der Waals surface area contributed by atoms with Crippen LogP contribution in [-0.4, -0.2) is 108 Å². The molecule has 0 bridgehead atoms. The Labute approximate surface area is 394 Å². The number of anilines is 1. The minimum atomic E-state index is -3.94. The molecular weight excluding hydrogens is 898 g/mol. The number of nitrogens with zero attached hydrogens (tertiary/aromatic N) is 3. The maximum Gasteiger partial charge on any atom is 0.491 e. The normalized spacial score (nSPS) is 24.7. The van der Waals surface area contributed by atoms with E-state index in [1.807, 2.05) is 48.7 Å². The van der Waals surface area contributed by atoms with Gasteiger partial charge in [-0.2, -0.15) is 0 Å². The Kier molecular flexibility index (Phi) is 13.1. The molecule has 9 rings (SSSR count). The smallest absolute Gasteiger partial charge is 0.491 e. The highest BCUT2D eigenvalue weighted by atomic mass is 32.2. The molecule has 0 radical (unpaired) electrons. The van der Waals surface area contributed by atoms with Crippen molar-refractivity contribution in [2.75, 3.05) is 25.5 Å². The van der Waals surface area contributed by atoms with Gasteiger partial charge in [-0.05, 0) is 86.7 Å². The van der Waals surface area contributed by atoms with E-state index in [1.54, 1.807) is 19.2 Å². The molecule has 2 aromatic carbocycles. The summed E-state index contributed by atoms with van der Waals surface area (Å²) in [5, 5.41) is 21.9. The molecule has 0 spiro atoms. The van der Waals surface area contributed by atoms with Crippen LogP contribution in [0.25, 0.3) is 21.6 Å². The summed E-state index contributed by atoms with van der Waals surface area (Å²) in [4.78, 5) is 68.7. The molecule has 3 fully saturated rings. The van der Waals surface area contributed by atoms with Crippen molar-refractivity contribution >= 4 is 74.2 Å². The number of methoxy groups -OCH3 is 1. The molecule has 67 heavy (non-hydrogen) atoms. The molecule has 1 saturated heterocycles. The maximum atomic E-state index is 15.0. The van der Waals surface area contributed by atoms with Gasteiger partial charge in [0.25, 0.3) is 5.91 Å². The number of thiazole rings is 1. The monoisotopic (exact) mass is 953 g/mol. The zero-order valence-corrected chi connectivity index (χ0v) is 39.6. The average Bonchev–Trinajstić information content (AvgIpc) is 4.12. The van der Waals surface area contributed by atoms with Crippen LogP contribution in [0.15, 0.2) is 53.9 Å². The molecule has 1 unspecified atom stereocenters.